The van der Waals surface area contributed by atoms with Crippen molar-refractivity contribution in [1.82, 2.24) is 5.32 Å². The summed E-state index contributed by atoms with van der Waals surface area (Å²) in [5.74, 6) is 0.710. The standard InChI is InChI=1S/C12H18ClNO2/c1-8(2)4-5-9(3)14-12(15)10-6-7-11(13)16-10/h6-9H,4-5H2,1-3H3,(H,14,15). The lowest BCUT2D eigenvalue weighted by Gasteiger charge is -2.13. The molecule has 4 heteroatoms. The Morgan fingerprint density at radius 1 is 1.38 bits per heavy atom. The zero-order valence-corrected chi connectivity index (χ0v) is 10.7. The van der Waals surface area contributed by atoms with Crippen molar-refractivity contribution in [1.29, 1.82) is 0 Å². The van der Waals surface area contributed by atoms with Gasteiger partial charge >= 0.3 is 0 Å². The first-order chi connectivity index (χ1) is 7.49. The van der Waals surface area contributed by atoms with E-state index >= 15 is 0 Å². The van der Waals surface area contributed by atoms with Crippen LogP contribution < -0.4 is 5.32 Å². The van der Waals surface area contributed by atoms with Crippen LogP contribution >= 0.6 is 11.6 Å². The van der Waals surface area contributed by atoms with E-state index in [1.807, 2.05) is 6.92 Å². The average Bonchev–Trinajstić information content (AvgIpc) is 2.62. The van der Waals surface area contributed by atoms with Gasteiger partial charge in [0.2, 0.25) is 0 Å². The number of amides is 1. The van der Waals surface area contributed by atoms with Crippen LogP contribution in [0.25, 0.3) is 0 Å². The highest BCUT2D eigenvalue weighted by molar-refractivity contribution is 6.29. The second-order valence-corrected chi connectivity index (χ2v) is 4.82. The summed E-state index contributed by atoms with van der Waals surface area (Å²) in [6.07, 6.45) is 2.07. The van der Waals surface area contributed by atoms with Gasteiger partial charge in [0.15, 0.2) is 11.0 Å². The molecule has 1 amide bonds. The van der Waals surface area contributed by atoms with Gasteiger partial charge in [-0.25, -0.2) is 0 Å². The summed E-state index contributed by atoms with van der Waals surface area (Å²) in [5.41, 5.74) is 0. The first-order valence-electron chi connectivity index (χ1n) is 5.55. The molecule has 1 rings (SSSR count). The monoisotopic (exact) mass is 243 g/mol. The third kappa shape index (κ3) is 4.27. The number of nitrogens with one attached hydrogen (secondary N) is 1. The maximum atomic E-state index is 11.6. The molecule has 1 unspecified atom stereocenters. The molecule has 0 aliphatic heterocycles. The van der Waals surface area contributed by atoms with Gasteiger partial charge < -0.3 is 9.73 Å². The fourth-order valence-electron chi connectivity index (χ4n) is 1.39. The lowest BCUT2D eigenvalue weighted by atomic mass is 10.0. The third-order valence-electron chi connectivity index (χ3n) is 2.35. The number of carbonyl (C=O) groups excluding carboxylic acids is 1. The maximum Gasteiger partial charge on any atom is 0.287 e. The average molecular weight is 244 g/mol. The summed E-state index contributed by atoms with van der Waals surface area (Å²) in [5, 5.41) is 3.11. The molecule has 0 saturated heterocycles. The third-order valence-corrected chi connectivity index (χ3v) is 2.55. The molecule has 1 aromatic rings. The Labute approximate surface area is 101 Å². The normalized spacial score (nSPS) is 12.8. The van der Waals surface area contributed by atoms with Gasteiger partial charge in [-0.2, -0.15) is 0 Å². The predicted molar refractivity (Wildman–Crippen MR) is 64.7 cm³/mol. The van der Waals surface area contributed by atoms with Crippen molar-refractivity contribution in [2.45, 2.75) is 39.7 Å². The Bertz CT molecular complexity index is 347. The summed E-state index contributed by atoms with van der Waals surface area (Å²) in [4.78, 5) is 11.6. The Morgan fingerprint density at radius 3 is 2.56 bits per heavy atom. The van der Waals surface area contributed by atoms with E-state index in [9.17, 15) is 4.79 Å². The fourth-order valence-corrected chi connectivity index (χ4v) is 1.53. The zero-order chi connectivity index (χ0) is 12.1. The first kappa shape index (κ1) is 13.1. The van der Waals surface area contributed by atoms with Crippen molar-refractivity contribution in [3.05, 3.63) is 23.1 Å². The smallest absolute Gasteiger partial charge is 0.287 e. The van der Waals surface area contributed by atoms with E-state index in [-0.39, 0.29) is 22.9 Å². The minimum atomic E-state index is -0.205. The Morgan fingerprint density at radius 2 is 2.06 bits per heavy atom. The van der Waals surface area contributed by atoms with Gasteiger partial charge in [-0.15, -0.1) is 0 Å². The second-order valence-electron chi connectivity index (χ2n) is 4.45. The molecule has 1 heterocycles. The summed E-state index contributed by atoms with van der Waals surface area (Å²) in [6, 6.07) is 3.29. The molecular weight excluding hydrogens is 226 g/mol. The van der Waals surface area contributed by atoms with Crippen molar-refractivity contribution in [2.75, 3.05) is 0 Å². The fraction of sp³-hybridized carbons (Fsp3) is 0.583. The van der Waals surface area contributed by atoms with Crippen LogP contribution in [0.3, 0.4) is 0 Å². The van der Waals surface area contributed by atoms with Crippen LogP contribution in [-0.2, 0) is 0 Å². The first-order valence-corrected chi connectivity index (χ1v) is 5.93. The van der Waals surface area contributed by atoms with Gasteiger partial charge in [0.25, 0.3) is 5.91 Å². The molecule has 0 aliphatic carbocycles. The van der Waals surface area contributed by atoms with E-state index in [0.717, 1.165) is 12.8 Å². The van der Waals surface area contributed by atoms with E-state index < -0.39 is 0 Å². The maximum absolute atomic E-state index is 11.6. The largest absolute Gasteiger partial charge is 0.440 e. The van der Waals surface area contributed by atoms with Gasteiger partial charge in [0, 0.05) is 6.04 Å². The Balaban J connectivity index is 2.39. The molecule has 1 N–H and O–H groups in total. The molecule has 1 atom stereocenters. The summed E-state index contributed by atoms with van der Waals surface area (Å²) < 4.78 is 5.03. The molecule has 16 heavy (non-hydrogen) atoms. The van der Waals surface area contributed by atoms with Crippen LogP contribution in [0.1, 0.15) is 44.2 Å². The van der Waals surface area contributed by atoms with Crippen molar-refractivity contribution in [3.63, 3.8) is 0 Å². The summed E-state index contributed by atoms with van der Waals surface area (Å²) >= 11 is 5.60. The highest BCUT2D eigenvalue weighted by atomic mass is 35.5. The predicted octanol–water partition coefficient (Wildman–Crippen LogP) is 3.49. The number of furan rings is 1. The van der Waals surface area contributed by atoms with Crippen LogP contribution in [0.5, 0.6) is 0 Å². The van der Waals surface area contributed by atoms with Crippen LogP contribution in [-0.4, -0.2) is 11.9 Å². The quantitative estimate of drug-likeness (QED) is 0.860. The van der Waals surface area contributed by atoms with E-state index in [2.05, 4.69) is 19.2 Å². The topological polar surface area (TPSA) is 42.2 Å². The number of rotatable bonds is 5. The van der Waals surface area contributed by atoms with Crippen LogP contribution in [0.2, 0.25) is 5.22 Å². The van der Waals surface area contributed by atoms with E-state index in [1.54, 1.807) is 12.1 Å². The summed E-state index contributed by atoms with van der Waals surface area (Å²) in [7, 11) is 0. The van der Waals surface area contributed by atoms with E-state index in [1.165, 1.54) is 0 Å². The molecule has 0 spiro atoms. The number of halogens is 1. The molecule has 90 valence electrons. The Kier molecular flexibility index (Phi) is 4.87. The lowest BCUT2D eigenvalue weighted by Crippen LogP contribution is -2.32. The van der Waals surface area contributed by atoms with Crippen molar-refractivity contribution < 1.29 is 9.21 Å². The zero-order valence-electron chi connectivity index (χ0n) is 9.92. The summed E-state index contributed by atoms with van der Waals surface area (Å²) in [6.45, 7) is 6.33. The van der Waals surface area contributed by atoms with E-state index in [4.69, 9.17) is 16.0 Å². The lowest BCUT2D eigenvalue weighted by molar-refractivity contribution is 0.0909. The van der Waals surface area contributed by atoms with E-state index in [0.29, 0.717) is 5.92 Å². The number of hydrogen-bond acceptors (Lipinski definition) is 2. The van der Waals surface area contributed by atoms with Crippen molar-refractivity contribution in [3.8, 4) is 0 Å². The van der Waals surface area contributed by atoms with Gasteiger partial charge in [0.05, 0.1) is 0 Å². The van der Waals surface area contributed by atoms with Crippen molar-refractivity contribution >= 4 is 17.5 Å². The van der Waals surface area contributed by atoms with Crippen LogP contribution in [0, 0.1) is 5.92 Å². The molecule has 3 nitrogen and oxygen atoms in total. The Hall–Kier alpha value is -0.960. The molecule has 1 aromatic heterocycles. The van der Waals surface area contributed by atoms with Crippen LogP contribution in [0.15, 0.2) is 16.5 Å². The molecule has 0 fully saturated rings. The van der Waals surface area contributed by atoms with Gasteiger partial charge in [-0.1, -0.05) is 13.8 Å². The molecule has 0 radical (unpaired) electrons. The van der Waals surface area contributed by atoms with Gasteiger partial charge in [0.1, 0.15) is 0 Å². The van der Waals surface area contributed by atoms with Gasteiger partial charge in [-0.05, 0) is 49.4 Å². The molecule has 0 aliphatic rings. The van der Waals surface area contributed by atoms with Crippen molar-refractivity contribution in [2.24, 2.45) is 5.92 Å². The highest BCUT2D eigenvalue weighted by Crippen LogP contribution is 2.13. The molecular formula is C12H18ClNO2. The number of carbonyl (C=O) groups is 1. The molecule has 0 saturated carbocycles. The number of hydrogen-bond donors (Lipinski definition) is 1. The SMILES string of the molecule is CC(C)CCC(C)NC(=O)c1ccc(Cl)o1. The van der Waals surface area contributed by atoms with Gasteiger partial charge in [-0.3, -0.25) is 4.79 Å². The highest BCUT2D eigenvalue weighted by Gasteiger charge is 2.13. The second kappa shape index (κ2) is 5.94. The molecule has 0 bridgehead atoms. The minimum absolute atomic E-state index is 0.152. The minimum Gasteiger partial charge on any atom is -0.440 e. The molecule has 0 aromatic carbocycles. The van der Waals surface area contributed by atoms with Crippen LogP contribution in [0.4, 0.5) is 0 Å².